The molecular weight excluding hydrogens is 272 g/mol. The minimum absolute atomic E-state index is 0.0727. The molecule has 106 valence electrons. The van der Waals surface area contributed by atoms with Gasteiger partial charge < -0.3 is 10.4 Å². The summed E-state index contributed by atoms with van der Waals surface area (Å²) in [4.78, 5) is 16.2. The molecule has 2 rings (SSSR count). The standard InChI is InChI=1S/C15H18N2O2S/c1-11-16-14(10-20-11)8-15(19)17-13(9-18)7-12-5-3-2-4-6-12/h2-6,10,13,18H,7-9H2,1H3,(H,17,19)/t13-/m1/s1. The first kappa shape index (κ1) is 14.7. The molecule has 1 heterocycles. The van der Waals surface area contributed by atoms with Crippen molar-refractivity contribution in [2.45, 2.75) is 25.8 Å². The number of rotatable bonds is 6. The first-order chi connectivity index (χ1) is 9.67. The quantitative estimate of drug-likeness (QED) is 0.851. The molecule has 1 amide bonds. The zero-order valence-electron chi connectivity index (χ0n) is 11.4. The van der Waals surface area contributed by atoms with E-state index in [9.17, 15) is 9.90 Å². The fraction of sp³-hybridized carbons (Fsp3) is 0.333. The number of carbonyl (C=O) groups excluding carboxylic acids is 1. The van der Waals surface area contributed by atoms with Gasteiger partial charge in [0.2, 0.25) is 5.91 Å². The van der Waals surface area contributed by atoms with E-state index in [2.05, 4.69) is 10.3 Å². The molecule has 1 aromatic carbocycles. The highest BCUT2D eigenvalue weighted by atomic mass is 32.1. The van der Waals surface area contributed by atoms with Crippen LogP contribution in [0.2, 0.25) is 0 Å². The van der Waals surface area contributed by atoms with E-state index in [-0.39, 0.29) is 25.0 Å². The average molecular weight is 290 g/mol. The lowest BCUT2D eigenvalue weighted by molar-refractivity contribution is -0.121. The molecule has 0 radical (unpaired) electrons. The molecular formula is C15H18N2O2S. The van der Waals surface area contributed by atoms with Crippen molar-refractivity contribution >= 4 is 17.2 Å². The Morgan fingerprint density at radius 2 is 2.15 bits per heavy atom. The van der Waals surface area contributed by atoms with E-state index < -0.39 is 0 Å². The number of carbonyl (C=O) groups is 1. The van der Waals surface area contributed by atoms with Gasteiger partial charge in [0.15, 0.2) is 0 Å². The number of aliphatic hydroxyl groups is 1. The summed E-state index contributed by atoms with van der Waals surface area (Å²) in [6.07, 6.45) is 0.884. The molecule has 1 aromatic heterocycles. The summed E-state index contributed by atoms with van der Waals surface area (Å²) in [5.74, 6) is -0.106. The first-order valence-corrected chi connectivity index (χ1v) is 7.40. The number of hydrogen-bond donors (Lipinski definition) is 2. The van der Waals surface area contributed by atoms with E-state index in [1.807, 2.05) is 42.6 Å². The maximum atomic E-state index is 11.9. The third-order valence-corrected chi connectivity index (χ3v) is 3.74. The monoisotopic (exact) mass is 290 g/mol. The highest BCUT2D eigenvalue weighted by molar-refractivity contribution is 7.09. The second-order valence-corrected chi connectivity index (χ2v) is 5.73. The predicted octanol–water partition coefficient (Wildman–Crippen LogP) is 1.71. The summed E-state index contributed by atoms with van der Waals surface area (Å²) in [6.45, 7) is 1.84. The van der Waals surface area contributed by atoms with Crippen LogP contribution in [0.4, 0.5) is 0 Å². The molecule has 20 heavy (non-hydrogen) atoms. The Kier molecular flexibility index (Phi) is 5.26. The number of aromatic nitrogens is 1. The fourth-order valence-electron chi connectivity index (χ4n) is 1.99. The molecule has 0 fully saturated rings. The number of aliphatic hydroxyl groups excluding tert-OH is 1. The van der Waals surface area contributed by atoms with Gasteiger partial charge in [0.05, 0.1) is 29.8 Å². The van der Waals surface area contributed by atoms with E-state index in [4.69, 9.17) is 0 Å². The Morgan fingerprint density at radius 1 is 1.40 bits per heavy atom. The molecule has 0 bridgehead atoms. The second kappa shape index (κ2) is 7.17. The lowest BCUT2D eigenvalue weighted by Crippen LogP contribution is -2.39. The molecule has 0 saturated heterocycles. The van der Waals surface area contributed by atoms with Crippen molar-refractivity contribution in [1.82, 2.24) is 10.3 Å². The minimum atomic E-state index is -0.260. The molecule has 0 spiro atoms. The normalized spacial score (nSPS) is 12.1. The molecule has 0 aliphatic rings. The predicted molar refractivity (Wildman–Crippen MR) is 79.7 cm³/mol. The smallest absolute Gasteiger partial charge is 0.226 e. The van der Waals surface area contributed by atoms with Crippen LogP contribution >= 0.6 is 11.3 Å². The van der Waals surface area contributed by atoms with Crippen LogP contribution in [0.5, 0.6) is 0 Å². The highest BCUT2D eigenvalue weighted by Crippen LogP contribution is 2.09. The topological polar surface area (TPSA) is 62.2 Å². The Bertz CT molecular complexity index is 554. The van der Waals surface area contributed by atoms with Gasteiger partial charge in [-0.1, -0.05) is 30.3 Å². The maximum Gasteiger partial charge on any atom is 0.226 e. The van der Waals surface area contributed by atoms with Crippen molar-refractivity contribution in [1.29, 1.82) is 0 Å². The van der Waals surface area contributed by atoms with Gasteiger partial charge in [-0.2, -0.15) is 0 Å². The Balaban J connectivity index is 1.88. The molecule has 2 N–H and O–H groups in total. The van der Waals surface area contributed by atoms with Crippen molar-refractivity contribution in [3.05, 3.63) is 52.0 Å². The number of nitrogens with zero attached hydrogens (tertiary/aromatic N) is 1. The number of hydrogen-bond acceptors (Lipinski definition) is 4. The molecule has 5 heteroatoms. The van der Waals surface area contributed by atoms with Crippen molar-refractivity contribution in [2.75, 3.05) is 6.61 Å². The third-order valence-electron chi connectivity index (χ3n) is 2.92. The summed E-state index contributed by atoms with van der Waals surface area (Å²) < 4.78 is 0. The van der Waals surface area contributed by atoms with Crippen LogP contribution in [-0.4, -0.2) is 28.6 Å². The van der Waals surface area contributed by atoms with Gasteiger partial charge in [0, 0.05) is 5.38 Å². The Morgan fingerprint density at radius 3 is 2.75 bits per heavy atom. The minimum Gasteiger partial charge on any atom is -0.394 e. The number of amides is 1. The zero-order chi connectivity index (χ0) is 14.4. The van der Waals surface area contributed by atoms with Crippen LogP contribution in [0.25, 0.3) is 0 Å². The number of nitrogens with one attached hydrogen (secondary N) is 1. The van der Waals surface area contributed by atoms with E-state index >= 15 is 0 Å². The second-order valence-electron chi connectivity index (χ2n) is 4.67. The van der Waals surface area contributed by atoms with Gasteiger partial charge >= 0.3 is 0 Å². The Hall–Kier alpha value is -1.72. The van der Waals surface area contributed by atoms with Crippen LogP contribution < -0.4 is 5.32 Å². The van der Waals surface area contributed by atoms with Gasteiger partial charge in [-0.25, -0.2) is 4.98 Å². The summed E-state index contributed by atoms with van der Waals surface area (Å²) in [7, 11) is 0. The summed E-state index contributed by atoms with van der Waals surface area (Å²) in [5, 5.41) is 15.1. The van der Waals surface area contributed by atoms with Crippen molar-refractivity contribution in [3.63, 3.8) is 0 Å². The molecule has 0 unspecified atom stereocenters. The Labute approximate surface area is 122 Å². The fourth-order valence-corrected chi connectivity index (χ4v) is 2.61. The van der Waals surface area contributed by atoms with Crippen LogP contribution in [0, 0.1) is 6.92 Å². The van der Waals surface area contributed by atoms with Crippen molar-refractivity contribution < 1.29 is 9.90 Å². The van der Waals surface area contributed by atoms with Crippen LogP contribution in [0.15, 0.2) is 35.7 Å². The number of thiazole rings is 1. The summed E-state index contributed by atoms with van der Waals surface area (Å²) in [6, 6.07) is 9.55. The molecule has 1 atom stereocenters. The van der Waals surface area contributed by atoms with E-state index in [0.29, 0.717) is 6.42 Å². The molecule has 0 aliphatic heterocycles. The van der Waals surface area contributed by atoms with E-state index in [1.54, 1.807) is 0 Å². The van der Waals surface area contributed by atoms with Gasteiger partial charge in [0.1, 0.15) is 0 Å². The molecule has 4 nitrogen and oxygen atoms in total. The van der Waals surface area contributed by atoms with Crippen LogP contribution in [0.3, 0.4) is 0 Å². The SMILES string of the molecule is Cc1nc(CC(=O)N[C@@H](CO)Cc2ccccc2)cs1. The lowest BCUT2D eigenvalue weighted by Gasteiger charge is -2.16. The van der Waals surface area contributed by atoms with E-state index in [1.165, 1.54) is 11.3 Å². The number of benzene rings is 1. The lowest BCUT2D eigenvalue weighted by atomic mass is 10.1. The van der Waals surface area contributed by atoms with Crippen molar-refractivity contribution in [3.8, 4) is 0 Å². The number of aryl methyl sites for hydroxylation is 1. The van der Waals surface area contributed by atoms with Crippen LogP contribution in [0.1, 0.15) is 16.3 Å². The average Bonchev–Trinajstić information content (AvgIpc) is 2.84. The largest absolute Gasteiger partial charge is 0.394 e. The zero-order valence-corrected chi connectivity index (χ0v) is 12.2. The van der Waals surface area contributed by atoms with E-state index in [0.717, 1.165) is 16.3 Å². The van der Waals surface area contributed by atoms with Crippen molar-refractivity contribution in [2.24, 2.45) is 0 Å². The van der Waals surface area contributed by atoms with Gasteiger partial charge in [-0.05, 0) is 18.9 Å². The maximum absolute atomic E-state index is 11.9. The molecule has 0 aliphatic carbocycles. The van der Waals surface area contributed by atoms with Crippen LogP contribution in [-0.2, 0) is 17.6 Å². The summed E-state index contributed by atoms with van der Waals surface area (Å²) in [5.41, 5.74) is 1.87. The van der Waals surface area contributed by atoms with Gasteiger partial charge in [-0.3, -0.25) is 4.79 Å². The summed E-state index contributed by atoms with van der Waals surface area (Å²) >= 11 is 1.53. The molecule has 0 saturated carbocycles. The van der Waals surface area contributed by atoms with Gasteiger partial charge in [0.25, 0.3) is 0 Å². The highest BCUT2D eigenvalue weighted by Gasteiger charge is 2.13. The molecule has 2 aromatic rings. The first-order valence-electron chi connectivity index (χ1n) is 6.52. The van der Waals surface area contributed by atoms with Gasteiger partial charge in [-0.15, -0.1) is 11.3 Å². The third kappa shape index (κ3) is 4.43.